The molecule has 0 fully saturated rings. The van der Waals surface area contributed by atoms with Crippen molar-refractivity contribution in [1.82, 2.24) is 14.8 Å². The van der Waals surface area contributed by atoms with E-state index in [9.17, 15) is 0 Å². The van der Waals surface area contributed by atoms with Crippen molar-refractivity contribution >= 4 is 0 Å². The van der Waals surface area contributed by atoms with Crippen molar-refractivity contribution in [2.75, 3.05) is 0 Å². The van der Waals surface area contributed by atoms with Gasteiger partial charge < -0.3 is 0 Å². The van der Waals surface area contributed by atoms with Gasteiger partial charge in [0.15, 0.2) is 5.82 Å². The third kappa shape index (κ3) is 2.09. The van der Waals surface area contributed by atoms with E-state index in [0.717, 1.165) is 11.5 Å². The Labute approximate surface area is 103 Å². The van der Waals surface area contributed by atoms with Crippen LogP contribution in [0, 0.1) is 13.8 Å². The van der Waals surface area contributed by atoms with Gasteiger partial charge in [-0.1, -0.05) is 26.8 Å². The molecule has 0 aromatic carbocycles. The fourth-order valence-corrected chi connectivity index (χ4v) is 2.13. The Kier molecular flexibility index (Phi) is 2.77. The highest BCUT2D eigenvalue weighted by Crippen LogP contribution is 2.28. The topological polar surface area (TPSA) is 30.7 Å². The molecular formula is C14H19N3. The Morgan fingerprint density at radius 1 is 1.12 bits per heavy atom. The third-order valence-electron chi connectivity index (χ3n) is 2.94. The number of nitrogens with zero attached hydrogens (tertiary/aromatic N) is 3. The van der Waals surface area contributed by atoms with Gasteiger partial charge in [0.05, 0.1) is 11.4 Å². The van der Waals surface area contributed by atoms with E-state index in [0.29, 0.717) is 0 Å². The summed E-state index contributed by atoms with van der Waals surface area (Å²) in [5, 5.41) is 4.60. The summed E-state index contributed by atoms with van der Waals surface area (Å²) in [6.45, 7) is 10.8. The molecule has 0 atom stereocenters. The van der Waals surface area contributed by atoms with Gasteiger partial charge in [-0.05, 0) is 31.5 Å². The maximum atomic E-state index is 4.60. The van der Waals surface area contributed by atoms with Crippen LogP contribution in [0.5, 0.6) is 0 Å². The Bertz CT molecular complexity index is 518. The molecule has 0 N–H and O–H groups in total. The molecule has 2 aromatic rings. The smallest absolute Gasteiger partial charge is 0.153 e. The number of aryl methyl sites for hydroxylation is 1. The zero-order chi connectivity index (χ0) is 12.6. The first-order valence-electron chi connectivity index (χ1n) is 5.89. The number of hydrogen-bond acceptors (Lipinski definition) is 2. The zero-order valence-corrected chi connectivity index (χ0v) is 11.2. The second-order valence-corrected chi connectivity index (χ2v) is 5.41. The van der Waals surface area contributed by atoms with Gasteiger partial charge in [0.1, 0.15) is 0 Å². The molecule has 3 heteroatoms. The number of hydrogen-bond donors (Lipinski definition) is 0. The summed E-state index contributed by atoms with van der Waals surface area (Å²) in [5.41, 5.74) is 3.61. The summed E-state index contributed by atoms with van der Waals surface area (Å²) < 4.78 is 1.96. The Morgan fingerprint density at radius 2 is 1.82 bits per heavy atom. The predicted octanol–water partition coefficient (Wildman–Crippen LogP) is 3.18. The fourth-order valence-electron chi connectivity index (χ4n) is 2.13. The van der Waals surface area contributed by atoms with Crippen LogP contribution in [-0.4, -0.2) is 14.8 Å². The second-order valence-electron chi connectivity index (χ2n) is 5.41. The van der Waals surface area contributed by atoms with Gasteiger partial charge in [0.2, 0.25) is 0 Å². The van der Waals surface area contributed by atoms with E-state index in [4.69, 9.17) is 0 Å². The molecular weight excluding hydrogens is 210 g/mol. The number of rotatable bonds is 1. The van der Waals surface area contributed by atoms with Crippen LogP contribution in [-0.2, 0) is 5.41 Å². The summed E-state index contributed by atoms with van der Waals surface area (Å²) in [6.07, 6.45) is 1.80. The highest BCUT2D eigenvalue weighted by atomic mass is 15.3. The van der Waals surface area contributed by atoms with Gasteiger partial charge in [-0.25, -0.2) is 9.67 Å². The molecule has 0 amide bonds. The van der Waals surface area contributed by atoms with Gasteiger partial charge in [0.25, 0.3) is 0 Å². The summed E-state index contributed by atoms with van der Waals surface area (Å²) in [4.78, 5) is 4.38. The van der Waals surface area contributed by atoms with Crippen LogP contribution in [0.15, 0.2) is 24.4 Å². The van der Waals surface area contributed by atoms with Gasteiger partial charge in [-0.3, -0.25) is 0 Å². The van der Waals surface area contributed by atoms with Crippen LogP contribution in [0.2, 0.25) is 0 Å². The van der Waals surface area contributed by atoms with Crippen molar-refractivity contribution in [1.29, 1.82) is 0 Å². The van der Waals surface area contributed by atoms with E-state index >= 15 is 0 Å². The lowest BCUT2D eigenvalue weighted by Crippen LogP contribution is -2.19. The highest BCUT2D eigenvalue weighted by molar-refractivity contribution is 5.35. The van der Waals surface area contributed by atoms with Crippen molar-refractivity contribution in [2.24, 2.45) is 0 Å². The first-order chi connectivity index (χ1) is 7.91. The molecule has 2 rings (SSSR count). The lowest BCUT2D eigenvalue weighted by molar-refractivity contribution is 0.537. The van der Waals surface area contributed by atoms with Crippen molar-refractivity contribution in [3.63, 3.8) is 0 Å². The standard InChI is InChI=1S/C14H19N3/c1-10-11(2)16-17(13(10)14(3,4)5)12-8-6-7-9-15-12/h6-9H,1-5H3. The molecule has 90 valence electrons. The minimum absolute atomic E-state index is 0.0584. The average Bonchev–Trinajstić information content (AvgIpc) is 2.56. The van der Waals surface area contributed by atoms with Gasteiger partial charge in [-0.15, -0.1) is 0 Å². The molecule has 0 saturated heterocycles. The Hall–Kier alpha value is -1.64. The van der Waals surface area contributed by atoms with Gasteiger partial charge >= 0.3 is 0 Å². The number of aromatic nitrogens is 3. The number of pyridine rings is 1. The molecule has 2 heterocycles. The molecule has 0 saturated carbocycles. The first-order valence-corrected chi connectivity index (χ1v) is 5.89. The quantitative estimate of drug-likeness (QED) is 0.752. The summed E-state index contributed by atoms with van der Waals surface area (Å²) >= 11 is 0. The van der Waals surface area contributed by atoms with Gasteiger partial charge in [-0.2, -0.15) is 5.10 Å². The minimum Gasteiger partial charge on any atom is -0.237 e. The monoisotopic (exact) mass is 229 g/mol. The van der Waals surface area contributed by atoms with Crippen molar-refractivity contribution in [3.8, 4) is 5.82 Å². The van der Waals surface area contributed by atoms with Crippen LogP contribution in [0.3, 0.4) is 0 Å². The Morgan fingerprint density at radius 3 is 2.35 bits per heavy atom. The van der Waals surface area contributed by atoms with Crippen LogP contribution >= 0.6 is 0 Å². The molecule has 0 unspecified atom stereocenters. The SMILES string of the molecule is Cc1nn(-c2ccccn2)c(C(C)(C)C)c1C. The Balaban J connectivity index is 2.67. The third-order valence-corrected chi connectivity index (χ3v) is 2.94. The molecule has 0 radical (unpaired) electrons. The van der Waals surface area contributed by atoms with E-state index in [1.807, 2.05) is 29.8 Å². The van der Waals surface area contributed by atoms with E-state index in [1.54, 1.807) is 6.20 Å². The molecule has 0 aliphatic carbocycles. The molecule has 0 bridgehead atoms. The van der Waals surface area contributed by atoms with E-state index in [2.05, 4.69) is 37.8 Å². The van der Waals surface area contributed by atoms with Crippen LogP contribution in [0.25, 0.3) is 5.82 Å². The van der Waals surface area contributed by atoms with Crippen molar-refractivity contribution in [2.45, 2.75) is 40.0 Å². The average molecular weight is 229 g/mol. The summed E-state index contributed by atoms with van der Waals surface area (Å²) in [5.74, 6) is 0.883. The summed E-state index contributed by atoms with van der Waals surface area (Å²) in [7, 11) is 0. The van der Waals surface area contributed by atoms with Gasteiger partial charge in [0, 0.05) is 11.6 Å². The normalized spacial score (nSPS) is 11.8. The lowest BCUT2D eigenvalue weighted by Gasteiger charge is -2.21. The van der Waals surface area contributed by atoms with E-state index in [-0.39, 0.29) is 5.41 Å². The molecule has 0 aliphatic rings. The van der Waals surface area contributed by atoms with E-state index < -0.39 is 0 Å². The first kappa shape index (κ1) is 11.8. The highest BCUT2D eigenvalue weighted by Gasteiger charge is 2.24. The minimum atomic E-state index is 0.0584. The lowest BCUT2D eigenvalue weighted by atomic mass is 9.89. The fraction of sp³-hybridized carbons (Fsp3) is 0.429. The van der Waals surface area contributed by atoms with Crippen molar-refractivity contribution in [3.05, 3.63) is 41.3 Å². The molecule has 3 nitrogen and oxygen atoms in total. The summed E-state index contributed by atoms with van der Waals surface area (Å²) in [6, 6.07) is 5.89. The van der Waals surface area contributed by atoms with Crippen LogP contribution in [0.1, 0.15) is 37.7 Å². The molecule has 17 heavy (non-hydrogen) atoms. The molecule has 0 aliphatic heterocycles. The zero-order valence-electron chi connectivity index (χ0n) is 11.2. The molecule has 2 aromatic heterocycles. The maximum Gasteiger partial charge on any atom is 0.153 e. The van der Waals surface area contributed by atoms with E-state index in [1.165, 1.54) is 11.3 Å². The van der Waals surface area contributed by atoms with Crippen molar-refractivity contribution < 1.29 is 0 Å². The van der Waals surface area contributed by atoms with Crippen LogP contribution in [0.4, 0.5) is 0 Å². The predicted molar refractivity (Wildman–Crippen MR) is 69.5 cm³/mol. The second kappa shape index (κ2) is 3.99. The maximum absolute atomic E-state index is 4.60. The molecule has 0 spiro atoms. The van der Waals surface area contributed by atoms with Crippen LogP contribution < -0.4 is 0 Å². The largest absolute Gasteiger partial charge is 0.237 e.